The molecule has 0 saturated carbocycles. The largest absolute Gasteiger partial charge is 0.416 e. The van der Waals surface area contributed by atoms with E-state index in [1.807, 2.05) is 0 Å². The van der Waals surface area contributed by atoms with Crippen LogP contribution in [0, 0.1) is 0 Å². The van der Waals surface area contributed by atoms with E-state index in [0.717, 1.165) is 31.0 Å². The second kappa shape index (κ2) is 10.2. The molecule has 0 spiro atoms. The molecule has 188 valence electrons. The molecule has 11 heteroatoms. The lowest BCUT2D eigenvalue weighted by Crippen LogP contribution is -2.52. The summed E-state index contributed by atoms with van der Waals surface area (Å²) < 4.78 is 39.8. The molecule has 3 heterocycles. The van der Waals surface area contributed by atoms with Crippen molar-refractivity contribution >= 4 is 17.6 Å². The van der Waals surface area contributed by atoms with Crippen LogP contribution in [-0.4, -0.2) is 77.4 Å². The minimum atomic E-state index is -4.47. The van der Waals surface area contributed by atoms with E-state index in [2.05, 4.69) is 19.8 Å². The molecule has 0 bridgehead atoms. The lowest BCUT2D eigenvalue weighted by atomic mass is 9.70. The van der Waals surface area contributed by atoms with Crippen LogP contribution in [0.3, 0.4) is 0 Å². The quantitative estimate of drug-likeness (QED) is 0.666. The first-order chi connectivity index (χ1) is 16.7. The minimum absolute atomic E-state index is 0.0188. The Balaban J connectivity index is 1.36. The zero-order valence-corrected chi connectivity index (χ0v) is 19.4. The number of carbonyl (C=O) groups is 2. The van der Waals surface area contributed by atoms with Crippen molar-refractivity contribution in [3.05, 3.63) is 54.0 Å². The fourth-order valence-corrected chi connectivity index (χ4v) is 4.99. The second-order valence-electron chi connectivity index (χ2n) is 9.21. The average Bonchev–Trinajstić information content (AvgIpc) is 2.84. The Bertz CT molecular complexity index is 1030. The van der Waals surface area contributed by atoms with Crippen LogP contribution in [0.2, 0.25) is 0 Å². The van der Waals surface area contributed by atoms with Gasteiger partial charge >= 0.3 is 6.18 Å². The van der Waals surface area contributed by atoms with Gasteiger partial charge in [0.1, 0.15) is 5.82 Å². The maximum Gasteiger partial charge on any atom is 0.416 e. The number of likely N-dealkylation sites (tertiary alicyclic amines) is 1. The molecule has 4 rings (SSSR count). The number of hydrogen-bond donors (Lipinski definition) is 1. The number of hydrogen-bond acceptors (Lipinski definition) is 6. The normalized spacial score (nSPS) is 18.9. The number of benzene rings is 1. The summed E-state index contributed by atoms with van der Waals surface area (Å²) in [6, 6.07) is 5.10. The van der Waals surface area contributed by atoms with Crippen molar-refractivity contribution in [2.24, 2.45) is 5.73 Å². The Morgan fingerprint density at radius 1 is 1.03 bits per heavy atom. The van der Waals surface area contributed by atoms with Gasteiger partial charge in [0, 0.05) is 63.5 Å². The minimum Gasteiger partial charge on any atom is -0.370 e. The van der Waals surface area contributed by atoms with Crippen LogP contribution in [0.1, 0.15) is 30.4 Å². The number of anilines is 1. The monoisotopic (exact) mass is 490 g/mol. The van der Waals surface area contributed by atoms with Crippen LogP contribution in [0.4, 0.5) is 19.0 Å². The number of nitrogens with two attached hydrogens (primary N) is 1. The Morgan fingerprint density at radius 3 is 2.34 bits per heavy atom. The van der Waals surface area contributed by atoms with E-state index in [4.69, 9.17) is 5.73 Å². The molecule has 8 nitrogen and oxygen atoms in total. The molecule has 2 amide bonds. The van der Waals surface area contributed by atoms with Gasteiger partial charge in [0.25, 0.3) is 0 Å². The Hall–Kier alpha value is -3.21. The number of amides is 2. The highest BCUT2D eigenvalue weighted by Gasteiger charge is 2.40. The van der Waals surface area contributed by atoms with Crippen molar-refractivity contribution in [3.8, 4) is 0 Å². The van der Waals surface area contributed by atoms with E-state index in [0.29, 0.717) is 44.6 Å². The van der Waals surface area contributed by atoms with Gasteiger partial charge in [-0.1, -0.05) is 18.2 Å². The molecule has 1 aromatic heterocycles. The van der Waals surface area contributed by atoms with Crippen molar-refractivity contribution in [3.63, 3.8) is 0 Å². The molecule has 0 radical (unpaired) electrons. The molecular formula is C24H29F3N6O2. The molecule has 2 aliphatic rings. The zero-order valence-electron chi connectivity index (χ0n) is 19.4. The molecule has 0 unspecified atom stereocenters. The maximum atomic E-state index is 13.3. The molecule has 2 aromatic rings. The van der Waals surface area contributed by atoms with Crippen molar-refractivity contribution in [2.75, 3.05) is 50.7 Å². The predicted molar refractivity (Wildman–Crippen MR) is 123 cm³/mol. The highest BCUT2D eigenvalue weighted by Crippen LogP contribution is 2.41. The third-order valence-corrected chi connectivity index (χ3v) is 6.99. The molecule has 2 aliphatic heterocycles. The van der Waals surface area contributed by atoms with Crippen LogP contribution >= 0.6 is 0 Å². The van der Waals surface area contributed by atoms with Crippen LogP contribution in [0.5, 0.6) is 0 Å². The van der Waals surface area contributed by atoms with Crippen molar-refractivity contribution in [1.82, 2.24) is 19.8 Å². The maximum absolute atomic E-state index is 13.3. The fourth-order valence-electron chi connectivity index (χ4n) is 4.99. The van der Waals surface area contributed by atoms with Gasteiger partial charge in [-0.05, 0) is 24.5 Å². The summed E-state index contributed by atoms with van der Waals surface area (Å²) in [7, 11) is 0. The van der Waals surface area contributed by atoms with Gasteiger partial charge in [-0.25, -0.2) is 4.98 Å². The lowest BCUT2D eigenvalue weighted by Gasteiger charge is -2.43. The number of piperazine rings is 1. The van der Waals surface area contributed by atoms with Gasteiger partial charge < -0.3 is 15.5 Å². The molecule has 2 saturated heterocycles. The number of aromatic nitrogens is 2. The van der Waals surface area contributed by atoms with E-state index in [1.165, 1.54) is 6.07 Å². The smallest absolute Gasteiger partial charge is 0.370 e. The van der Waals surface area contributed by atoms with Gasteiger partial charge in [-0.15, -0.1) is 0 Å². The third-order valence-electron chi connectivity index (χ3n) is 6.99. The molecule has 1 aromatic carbocycles. The molecule has 0 atom stereocenters. The van der Waals surface area contributed by atoms with Crippen LogP contribution in [0.15, 0.2) is 42.9 Å². The Labute approximate surface area is 201 Å². The van der Waals surface area contributed by atoms with Gasteiger partial charge in [0.05, 0.1) is 18.3 Å². The summed E-state index contributed by atoms with van der Waals surface area (Å²) in [6.07, 6.45) is 1.23. The summed E-state index contributed by atoms with van der Waals surface area (Å²) in [5.41, 5.74) is 4.36. The fraction of sp³-hybridized carbons (Fsp3) is 0.500. The summed E-state index contributed by atoms with van der Waals surface area (Å²) in [5.74, 6) is 0.229. The summed E-state index contributed by atoms with van der Waals surface area (Å²) in [5, 5.41) is 0. The van der Waals surface area contributed by atoms with E-state index in [-0.39, 0.29) is 18.9 Å². The molecule has 35 heavy (non-hydrogen) atoms. The number of rotatable bonds is 6. The highest BCUT2D eigenvalue weighted by molar-refractivity contribution is 5.79. The Morgan fingerprint density at radius 2 is 1.74 bits per heavy atom. The van der Waals surface area contributed by atoms with Crippen LogP contribution in [0.25, 0.3) is 0 Å². The van der Waals surface area contributed by atoms with Crippen molar-refractivity contribution in [2.45, 2.75) is 30.9 Å². The van der Waals surface area contributed by atoms with Crippen LogP contribution < -0.4 is 10.6 Å². The first-order valence-corrected chi connectivity index (χ1v) is 11.6. The summed E-state index contributed by atoms with van der Waals surface area (Å²) >= 11 is 0. The van der Waals surface area contributed by atoms with Gasteiger partial charge in [0.2, 0.25) is 11.8 Å². The predicted octanol–water partition coefficient (Wildman–Crippen LogP) is 2.05. The Kier molecular flexibility index (Phi) is 7.25. The van der Waals surface area contributed by atoms with E-state index >= 15 is 0 Å². The SMILES string of the molecule is NC(=O)CC1(c2cccc(C(F)(F)F)c2)CCN(C(=O)CN2CCN(c3cnccn3)CC2)CC1. The first kappa shape index (κ1) is 24.9. The van der Waals surface area contributed by atoms with Crippen molar-refractivity contribution in [1.29, 1.82) is 0 Å². The van der Waals surface area contributed by atoms with E-state index in [9.17, 15) is 22.8 Å². The summed E-state index contributed by atoms with van der Waals surface area (Å²) in [4.78, 5) is 39.2. The van der Waals surface area contributed by atoms with Crippen molar-refractivity contribution < 1.29 is 22.8 Å². The second-order valence-corrected chi connectivity index (χ2v) is 9.21. The number of halogens is 3. The third kappa shape index (κ3) is 5.90. The lowest BCUT2D eigenvalue weighted by molar-refractivity contribution is -0.137. The zero-order chi connectivity index (χ0) is 25.1. The molecule has 2 fully saturated rings. The van der Waals surface area contributed by atoms with Crippen LogP contribution in [-0.2, 0) is 21.2 Å². The molecule has 2 N–H and O–H groups in total. The molecular weight excluding hydrogens is 461 g/mol. The average molecular weight is 491 g/mol. The highest BCUT2D eigenvalue weighted by atomic mass is 19.4. The number of primary amides is 1. The standard InChI is InChI=1S/C24H29F3N6O2/c25-24(26,27)19-3-1-2-18(14-19)23(15-20(28)34)4-8-33(9-5-23)22(35)17-31-10-12-32(13-11-31)21-16-29-6-7-30-21/h1-3,6-7,14,16H,4-5,8-13,15,17H2,(H2,28,34). The first-order valence-electron chi connectivity index (χ1n) is 11.6. The topological polar surface area (TPSA) is 95.7 Å². The number of carbonyl (C=O) groups excluding carboxylic acids is 2. The van der Waals surface area contributed by atoms with E-state index < -0.39 is 23.1 Å². The van der Waals surface area contributed by atoms with E-state index in [1.54, 1.807) is 29.6 Å². The molecule has 0 aliphatic carbocycles. The van der Waals surface area contributed by atoms with Gasteiger partial charge in [-0.3, -0.25) is 19.5 Å². The summed E-state index contributed by atoms with van der Waals surface area (Å²) in [6.45, 7) is 3.91. The number of nitrogens with zero attached hydrogens (tertiary/aromatic N) is 5. The number of piperidine rings is 1. The van der Waals surface area contributed by atoms with Gasteiger partial charge in [-0.2, -0.15) is 13.2 Å². The number of alkyl halides is 3. The van der Waals surface area contributed by atoms with Gasteiger partial charge in [0.15, 0.2) is 0 Å².